The summed E-state index contributed by atoms with van der Waals surface area (Å²) in [5, 5.41) is 0. The van der Waals surface area contributed by atoms with Gasteiger partial charge in [-0.2, -0.15) is 0 Å². The molecular formula is C25H34O3S2. The number of ether oxygens (including phenoxy) is 2. The van der Waals surface area contributed by atoms with E-state index in [1.54, 1.807) is 13.8 Å². The average Bonchev–Trinajstić information content (AvgIpc) is 2.67. The molecule has 0 aliphatic rings. The molecule has 0 heterocycles. The molecule has 0 N–H and O–H groups in total. The number of rotatable bonds is 10. The van der Waals surface area contributed by atoms with Crippen LogP contribution in [0.4, 0.5) is 0 Å². The highest BCUT2D eigenvalue weighted by Gasteiger charge is 2.36. The van der Waals surface area contributed by atoms with Crippen molar-refractivity contribution < 1.29 is 14.3 Å². The summed E-state index contributed by atoms with van der Waals surface area (Å²) in [6.45, 7) is 13.7. The molecule has 0 spiro atoms. The molecule has 0 aliphatic carbocycles. The molecule has 5 heteroatoms. The summed E-state index contributed by atoms with van der Waals surface area (Å²) in [5.74, 6) is 2.31. The van der Waals surface area contributed by atoms with E-state index < -0.39 is 5.60 Å². The number of hydrogen-bond acceptors (Lipinski definition) is 5. The Balaban J connectivity index is 2.37. The molecular weight excluding hydrogens is 412 g/mol. The zero-order chi connectivity index (χ0) is 22.4. The summed E-state index contributed by atoms with van der Waals surface area (Å²) >= 11 is 3.88. The third kappa shape index (κ3) is 5.98. The van der Waals surface area contributed by atoms with Crippen molar-refractivity contribution in [2.75, 3.05) is 11.5 Å². The Labute approximate surface area is 190 Å². The highest BCUT2D eigenvalue weighted by Crippen LogP contribution is 2.52. The second-order valence-corrected chi connectivity index (χ2v) is 11.2. The zero-order valence-corrected chi connectivity index (χ0v) is 20.8. The van der Waals surface area contributed by atoms with Crippen molar-refractivity contribution in [1.82, 2.24) is 0 Å². The van der Waals surface area contributed by atoms with Crippen LogP contribution in [0, 0.1) is 6.92 Å². The topological polar surface area (TPSA) is 35.5 Å². The van der Waals surface area contributed by atoms with E-state index in [1.165, 1.54) is 16.7 Å². The van der Waals surface area contributed by atoms with Crippen LogP contribution in [0.1, 0.15) is 58.2 Å². The predicted octanol–water partition coefficient (Wildman–Crippen LogP) is 6.81. The van der Waals surface area contributed by atoms with Crippen molar-refractivity contribution in [3.8, 4) is 5.75 Å². The summed E-state index contributed by atoms with van der Waals surface area (Å²) in [6.07, 6.45) is -0.171. The third-order valence-corrected chi connectivity index (χ3v) is 7.58. The SMILES string of the molecule is CCSC(SCC)(c1ccc(OC(C)(C)C(=O)OC(C)C)cc1)c1cccc(C)c1. The van der Waals surface area contributed by atoms with Crippen LogP contribution in [-0.4, -0.2) is 29.2 Å². The molecule has 0 fully saturated rings. The van der Waals surface area contributed by atoms with Crippen LogP contribution in [-0.2, 0) is 13.6 Å². The summed E-state index contributed by atoms with van der Waals surface area (Å²) in [5.41, 5.74) is 2.74. The van der Waals surface area contributed by atoms with Gasteiger partial charge in [0.15, 0.2) is 5.60 Å². The third-order valence-electron chi connectivity index (χ3n) is 4.53. The molecule has 0 radical (unpaired) electrons. The molecule has 0 aromatic heterocycles. The number of benzene rings is 2. The monoisotopic (exact) mass is 446 g/mol. The molecule has 2 aromatic rings. The van der Waals surface area contributed by atoms with Crippen molar-refractivity contribution in [1.29, 1.82) is 0 Å². The summed E-state index contributed by atoms with van der Waals surface area (Å²) in [7, 11) is 0. The van der Waals surface area contributed by atoms with Gasteiger partial charge in [0.25, 0.3) is 0 Å². The molecule has 2 aromatic carbocycles. The largest absolute Gasteiger partial charge is 0.476 e. The van der Waals surface area contributed by atoms with Crippen LogP contribution in [0.3, 0.4) is 0 Å². The van der Waals surface area contributed by atoms with E-state index in [4.69, 9.17) is 9.47 Å². The van der Waals surface area contributed by atoms with Crippen LogP contribution in [0.15, 0.2) is 48.5 Å². The van der Waals surface area contributed by atoms with Gasteiger partial charge in [-0.3, -0.25) is 0 Å². The lowest BCUT2D eigenvalue weighted by atomic mass is 10.0. The number of thioether (sulfide) groups is 2. The van der Waals surface area contributed by atoms with Crippen molar-refractivity contribution >= 4 is 29.5 Å². The lowest BCUT2D eigenvalue weighted by molar-refractivity contribution is -0.163. The Morgan fingerprint density at radius 2 is 1.57 bits per heavy atom. The molecule has 3 nitrogen and oxygen atoms in total. The molecule has 30 heavy (non-hydrogen) atoms. The fourth-order valence-corrected chi connectivity index (χ4v) is 6.28. The van der Waals surface area contributed by atoms with Crippen molar-refractivity contribution in [2.45, 2.75) is 64.3 Å². The Hall–Kier alpha value is -1.59. The number of carbonyl (C=O) groups is 1. The maximum Gasteiger partial charge on any atom is 0.350 e. The lowest BCUT2D eigenvalue weighted by Gasteiger charge is -2.34. The second-order valence-electron chi connectivity index (χ2n) is 7.94. The van der Waals surface area contributed by atoms with Crippen molar-refractivity contribution in [2.24, 2.45) is 0 Å². The van der Waals surface area contributed by atoms with Gasteiger partial charge in [-0.1, -0.05) is 55.8 Å². The Morgan fingerprint density at radius 1 is 0.967 bits per heavy atom. The van der Waals surface area contributed by atoms with Crippen LogP contribution in [0.5, 0.6) is 5.75 Å². The van der Waals surface area contributed by atoms with Gasteiger partial charge in [0.05, 0.1) is 6.10 Å². The van der Waals surface area contributed by atoms with Crippen molar-refractivity contribution in [3.63, 3.8) is 0 Å². The van der Waals surface area contributed by atoms with Crippen LogP contribution in [0.2, 0.25) is 0 Å². The lowest BCUT2D eigenvalue weighted by Crippen LogP contribution is -2.40. The van der Waals surface area contributed by atoms with Crippen LogP contribution in [0.25, 0.3) is 0 Å². The van der Waals surface area contributed by atoms with Crippen LogP contribution >= 0.6 is 23.5 Å². The Morgan fingerprint density at radius 3 is 2.07 bits per heavy atom. The van der Waals surface area contributed by atoms with E-state index in [0.717, 1.165) is 11.5 Å². The smallest absolute Gasteiger partial charge is 0.350 e. The second kappa shape index (κ2) is 10.6. The normalized spacial score (nSPS) is 12.1. The van der Waals surface area contributed by atoms with Crippen molar-refractivity contribution in [3.05, 3.63) is 65.2 Å². The molecule has 0 amide bonds. The molecule has 0 saturated carbocycles. The standard InChI is InChI=1S/C25H34O3S2/c1-8-29-25(30-9-2,21-12-10-11-19(5)17-21)20-13-15-22(16-14-20)28-24(6,7)23(26)27-18(3)4/h10-18H,8-9H2,1-7H3. The molecule has 164 valence electrons. The molecule has 0 unspecified atom stereocenters. The summed E-state index contributed by atoms with van der Waals surface area (Å²) in [4.78, 5) is 12.3. The van der Waals surface area contributed by atoms with Gasteiger partial charge in [-0.05, 0) is 69.4 Å². The quantitative estimate of drug-likeness (QED) is 0.296. The Bertz CT molecular complexity index is 823. The highest BCUT2D eigenvalue weighted by atomic mass is 32.2. The van der Waals surface area contributed by atoms with E-state index in [9.17, 15) is 4.79 Å². The first-order valence-corrected chi connectivity index (χ1v) is 12.5. The molecule has 0 saturated heterocycles. The molecule has 0 atom stereocenters. The fourth-order valence-electron chi connectivity index (χ4n) is 3.23. The van der Waals surface area contributed by atoms with E-state index in [1.807, 2.05) is 49.5 Å². The molecule has 0 aliphatic heterocycles. The summed E-state index contributed by atoms with van der Waals surface area (Å²) < 4.78 is 11.1. The Kier molecular flexibility index (Phi) is 8.74. The minimum Gasteiger partial charge on any atom is -0.476 e. The van der Waals surface area contributed by atoms with Gasteiger partial charge in [0.2, 0.25) is 0 Å². The van der Waals surface area contributed by atoms with Gasteiger partial charge in [-0.25, -0.2) is 4.79 Å². The number of hydrogen-bond donors (Lipinski definition) is 0. The highest BCUT2D eigenvalue weighted by molar-refractivity contribution is 8.17. The summed E-state index contributed by atoms with van der Waals surface area (Å²) in [6, 6.07) is 16.9. The minimum absolute atomic E-state index is 0.171. The predicted molar refractivity (Wildman–Crippen MR) is 131 cm³/mol. The van der Waals surface area contributed by atoms with Gasteiger partial charge in [-0.15, -0.1) is 23.5 Å². The van der Waals surface area contributed by atoms with Gasteiger partial charge >= 0.3 is 5.97 Å². The van der Waals surface area contributed by atoms with Gasteiger partial charge in [0.1, 0.15) is 9.83 Å². The first-order valence-electron chi connectivity index (χ1n) is 10.5. The molecule has 0 bridgehead atoms. The van der Waals surface area contributed by atoms with E-state index in [0.29, 0.717) is 5.75 Å². The van der Waals surface area contributed by atoms with Crippen LogP contribution < -0.4 is 4.74 Å². The minimum atomic E-state index is -1.05. The van der Waals surface area contributed by atoms with E-state index in [-0.39, 0.29) is 16.2 Å². The maximum atomic E-state index is 12.3. The van der Waals surface area contributed by atoms with Gasteiger partial charge < -0.3 is 9.47 Å². The number of esters is 1. The van der Waals surface area contributed by atoms with Gasteiger partial charge in [0, 0.05) is 0 Å². The van der Waals surface area contributed by atoms with E-state index >= 15 is 0 Å². The molecule has 2 rings (SSSR count). The number of aryl methyl sites for hydroxylation is 1. The zero-order valence-electron chi connectivity index (χ0n) is 19.2. The first kappa shape index (κ1) is 24.7. The first-order chi connectivity index (χ1) is 14.1. The van der Waals surface area contributed by atoms with E-state index in [2.05, 4.69) is 57.2 Å². The fraction of sp³-hybridized carbons (Fsp3) is 0.480. The maximum absolute atomic E-state index is 12.3. The number of carbonyl (C=O) groups excluding carboxylic acids is 1. The average molecular weight is 447 g/mol.